The van der Waals surface area contributed by atoms with Gasteiger partial charge in [-0.25, -0.2) is 9.97 Å². The van der Waals surface area contributed by atoms with E-state index in [1.807, 2.05) is 18.2 Å². The van der Waals surface area contributed by atoms with E-state index in [-0.39, 0.29) is 0 Å². The van der Waals surface area contributed by atoms with Gasteiger partial charge in [0.25, 0.3) is 0 Å². The maximum absolute atomic E-state index is 6.20. The van der Waals surface area contributed by atoms with Crippen molar-refractivity contribution >= 4 is 23.2 Å². The van der Waals surface area contributed by atoms with Gasteiger partial charge in [-0.3, -0.25) is 4.90 Å². The molecule has 1 aromatic carbocycles. The average molecular weight is 455 g/mol. The number of hydrogen-bond acceptors (Lipinski definition) is 3. The van der Waals surface area contributed by atoms with Crippen LogP contribution in [0.15, 0.2) is 42.7 Å². The number of rotatable bonds is 5. The molecule has 2 aliphatic rings. The van der Waals surface area contributed by atoms with Crippen molar-refractivity contribution in [3.63, 3.8) is 0 Å². The zero-order chi connectivity index (χ0) is 21.2. The molecule has 162 valence electrons. The van der Waals surface area contributed by atoms with Crippen molar-refractivity contribution in [1.29, 1.82) is 0 Å². The Balaban J connectivity index is 1.25. The first-order valence-corrected chi connectivity index (χ1v) is 12.1. The lowest BCUT2D eigenvalue weighted by Gasteiger charge is -2.29. The van der Waals surface area contributed by atoms with Gasteiger partial charge in [0, 0.05) is 67.9 Å². The fraction of sp³-hybridized carbons (Fsp3) is 0.440. The van der Waals surface area contributed by atoms with Gasteiger partial charge in [-0.05, 0) is 42.7 Å². The van der Waals surface area contributed by atoms with Crippen LogP contribution in [0.5, 0.6) is 0 Å². The molecule has 0 radical (unpaired) electrons. The van der Waals surface area contributed by atoms with Crippen LogP contribution >= 0.6 is 23.2 Å². The highest BCUT2D eigenvalue weighted by atomic mass is 35.5. The topological polar surface area (TPSA) is 34.0 Å². The lowest BCUT2D eigenvalue weighted by atomic mass is 9.88. The van der Waals surface area contributed by atoms with Crippen molar-refractivity contribution in [3.05, 3.63) is 81.1 Å². The summed E-state index contributed by atoms with van der Waals surface area (Å²) in [5, 5.41) is 1.20. The summed E-state index contributed by atoms with van der Waals surface area (Å²) in [5.41, 5.74) is 5.00. The molecule has 1 aliphatic heterocycles. The third-order valence-electron chi connectivity index (χ3n) is 6.65. The van der Waals surface area contributed by atoms with Crippen LogP contribution in [0.3, 0.4) is 0 Å². The molecular formula is C25H28Cl2N4. The van der Waals surface area contributed by atoms with Gasteiger partial charge < -0.3 is 4.57 Å². The number of halogens is 2. The summed E-state index contributed by atoms with van der Waals surface area (Å²) < 4.78 is 2.29. The lowest BCUT2D eigenvalue weighted by Crippen LogP contribution is -2.32. The van der Waals surface area contributed by atoms with Crippen LogP contribution in [-0.2, 0) is 26.1 Å². The molecule has 0 atom stereocenters. The Labute approximate surface area is 194 Å². The second-order valence-corrected chi connectivity index (χ2v) is 9.69. The van der Waals surface area contributed by atoms with Crippen LogP contribution in [0, 0.1) is 0 Å². The quantitative estimate of drug-likeness (QED) is 0.457. The number of benzene rings is 1. The number of aromatic nitrogens is 3. The Morgan fingerprint density at radius 3 is 2.71 bits per heavy atom. The number of hydrogen-bond donors (Lipinski definition) is 0. The molecule has 4 nitrogen and oxygen atoms in total. The molecule has 1 fully saturated rings. The number of fused-ring (bicyclic) bond motifs is 1. The Morgan fingerprint density at radius 2 is 1.87 bits per heavy atom. The van der Waals surface area contributed by atoms with Gasteiger partial charge in [-0.15, -0.1) is 0 Å². The van der Waals surface area contributed by atoms with Crippen LogP contribution in [-0.4, -0.2) is 26.0 Å². The third-order valence-corrected chi connectivity index (χ3v) is 7.39. The first-order chi connectivity index (χ1) is 15.2. The van der Waals surface area contributed by atoms with E-state index in [1.54, 1.807) is 0 Å². The van der Waals surface area contributed by atoms with Gasteiger partial charge in [0.15, 0.2) is 0 Å². The molecule has 0 spiro atoms. The molecule has 3 heterocycles. The molecule has 31 heavy (non-hydrogen) atoms. The zero-order valence-corrected chi connectivity index (χ0v) is 19.2. The molecule has 0 N–H and O–H groups in total. The highest BCUT2D eigenvalue weighted by molar-refractivity contribution is 6.42. The monoisotopic (exact) mass is 454 g/mol. The lowest BCUT2D eigenvalue weighted by molar-refractivity contribution is 0.236. The maximum atomic E-state index is 6.20. The summed E-state index contributed by atoms with van der Waals surface area (Å²) in [6.07, 6.45) is 11.7. The molecule has 0 saturated heterocycles. The van der Waals surface area contributed by atoms with Crippen molar-refractivity contribution in [2.45, 2.75) is 64.1 Å². The molecule has 1 aliphatic carbocycles. The van der Waals surface area contributed by atoms with Crippen molar-refractivity contribution in [2.24, 2.45) is 0 Å². The predicted octanol–water partition coefficient (Wildman–Crippen LogP) is 6.24. The molecular weight excluding hydrogens is 427 g/mol. The van der Waals surface area contributed by atoms with Crippen molar-refractivity contribution in [1.82, 2.24) is 19.4 Å². The normalized spacial score (nSPS) is 17.6. The van der Waals surface area contributed by atoms with E-state index in [1.165, 1.54) is 49.1 Å². The van der Waals surface area contributed by atoms with E-state index in [2.05, 4.69) is 34.0 Å². The summed E-state index contributed by atoms with van der Waals surface area (Å²) in [4.78, 5) is 12.3. The summed E-state index contributed by atoms with van der Waals surface area (Å²) in [5.74, 6) is 1.66. The molecule has 3 aromatic rings. The summed E-state index contributed by atoms with van der Waals surface area (Å²) >= 11 is 12.3. The third kappa shape index (κ3) is 4.82. The largest absolute Gasteiger partial charge is 0.346 e. The Hall–Kier alpha value is -1.88. The fourth-order valence-electron chi connectivity index (χ4n) is 4.89. The maximum Gasteiger partial charge on any atom is 0.131 e. The zero-order valence-electron chi connectivity index (χ0n) is 17.7. The predicted molar refractivity (Wildman–Crippen MR) is 126 cm³/mol. The van der Waals surface area contributed by atoms with E-state index in [0.717, 1.165) is 44.0 Å². The van der Waals surface area contributed by atoms with E-state index < -0.39 is 0 Å². The Morgan fingerprint density at radius 1 is 1.00 bits per heavy atom. The summed E-state index contributed by atoms with van der Waals surface area (Å²) in [7, 11) is 0. The minimum absolute atomic E-state index is 0.571. The van der Waals surface area contributed by atoms with Crippen molar-refractivity contribution in [3.8, 4) is 0 Å². The molecule has 1 saturated carbocycles. The first-order valence-electron chi connectivity index (χ1n) is 11.3. The Kier molecular flexibility index (Phi) is 6.31. The highest BCUT2D eigenvalue weighted by Crippen LogP contribution is 2.31. The van der Waals surface area contributed by atoms with Crippen LogP contribution < -0.4 is 0 Å². The Bertz CT molecular complexity index is 1060. The van der Waals surface area contributed by atoms with Crippen LogP contribution in [0.25, 0.3) is 0 Å². The van der Waals surface area contributed by atoms with Gasteiger partial charge in [0.05, 0.1) is 10.0 Å². The average Bonchev–Trinajstić information content (AvgIpc) is 3.23. The molecule has 5 rings (SSSR count). The fourth-order valence-corrected chi connectivity index (χ4v) is 5.21. The van der Waals surface area contributed by atoms with Gasteiger partial charge in [0.1, 0.15) is 5.82 Å². The summed E-state index contributed by atoms with van der Waals surface area (Å²) in [6.45, 7) is 3.65. The van der Waals surface area contributed by atoms with Gasteiger partial charge in [-0.1, -0.05) is 48.5 Å². The summed E-state index contributed by atoms with van der Waals surface area (Å²) in [6, 6.07) is 10.2. The minimum atomic E-state index is 0.571. The first kappa shape index (κ1) is 21.0. The van der Waals surface area contributed by atoms with Gasteiger partial charge >= 0.3 is 0 Å². The molecule has 6 heteroatoms. The standard InChI is InChI=1S/C25H28Cl2N4/c26-22-9-8-18(13-23(22)27)15-31-11-4-7-21(31)17-30-12-10-24-20(16-30)14-28-25(29-24)19-5-2-1-3-6-19/h4,7-9,11,13-14,19H,1-3,5-6,10,12,15-17H2. The van der Waals surface area contributed by atoms with Crippen LogP contribution in [0.4, 0.5) is 0 Å². The van der Waals surface area contributed by atoms with Gasteiger partial charge in [-0.2, -0.15) is 0 Å². The minimum Gasteiger partial charge on any atom is -0.346 e. The second kappa shape index (κ2) is 9.32. The molecule has 2 aromatic heterocycles. The van der Waals surface area contributed by atoms with Gasteiger partial charge in [0.2, 0.25) is 0 Å². The molecule has 0 amide bonds. The molecule has 0 unspecified atom stereocenters. The SMILES string of the molecule is Clc1ccc(Cn2cccc2CN2CCc3nc(C4CCCCC4)ncc3C2)cc1Cl. The van der Waals surface area contributed by atoms with E-state index in [9.17, 15) is 0 Å². The second-order valence-electron chi connectivity index (χ2n) is 8.87. The smallest absolute Gasteiger partial charge is 0.131 e. The van der Waals surface area contributed by atoms with Crippen molar-refractivity contribution in [2.75, 3.05) is 6.54 Å². The van der Waals surface area contributed by atoms with Crippen molar-refractivity contribution < 1.29 is 0 Å². The highest BCUT2D eigenvalue weighted by Gasteiger charge is 2.23. The van der Waals surface area contributed by atoms with Crippen LogP contribution in [0.1, 0.15) is 66.4 Å². The van der Waals surface area contributed by atoms with Crippen LogP contribution in [0.2, 0.25) is 10.0 Å². The van der Waals surface area contributed by atoms with E-state index in [0.29, 0.717) is 16.0 Å². The molecule has 0 bridgehead atoms. The van der Waals surface area contributed by atoms with E-state index in [4.69, 9.17) is 33.2 Å². The van der Waals surface area contributed by atoms with E-state index >= 15 is 0 Å². The number of nitrogens with zero attached hydrogens (tertiary/aromatic N) is 4.